The highest BCUT2D eigenvalue weighted by Crippen LogP contribution is 2.42. The summed E-state index contributed by atoms with van der Waals surface area (Å²) in [5.41, 5.74) is 2.36. The fourth-order valence-corrected chi connectivity index (χ4v) is 6.07. The number of rotatable bonds is 4. The molecular formula is C20H21N5O4S2. The number of amides is 1. The van der Waals surface area contributed by atoms with Crippen LogP contribution in [0.4, 0.5) is 11.5 Å². The summed E-state index contributed by atoms with van der Waals surface area (Å²) < 4.78 is 32.8. The molecule has 31 heavy (non-hydrogen) atoms. The van der Waals surface area contributed by atoms with Crippen molar-refractivity contribution in [3.05, 3.63) is 47.7 Å². The van der Waals surface area contributed by atoms with Crippen LogP contribution in [0.3, 0.4) is 0 Å². The number of ether oxygens (including phenoxy) is 1. The third kappa shape index (κ3) is 4.12. The van der Waals surface area contributed by atoms with Crippen LogP contribution in [0.1, 0.15) is 15.9 Å². The maximum absolute atomic E-state index is 12.8. The van der Waals surface area contributed by atoms with E-state index in [1.807, 2.05) is 23.1 Å². The Hall–Kier alpha value is -2.63. The van der Waals surface area contributed by atoms with Crippen LogP contribution in [0, 0.1) is 0 Å². The zero-order valence-electron chi connectivity index (χ0n) is 16.7. The first kappa shape index (κ1) is 20.3. The van der Waals surface area contributed by atoms with Crippen molar-refractivity contribution in [2.75, 3.05) is 48.4 Å². The molecule has 0 spiro atoms. The fourth-order valence-electron chi connectivity index (χ4n) is 3.78. The Kier molecular flexibility index (Phi) is 5.32. The number of nitrogens with zero attached hydrogens (tertiary/aromatic N) is 4. The molecule has 0 radical (unpaired) electrons. The van der Waals surface area contributed by atoms with Crippen LogP contribution in [-0.2, 0) is 21.3 Å². The largest absolute Gasteiger partial charge is 0.378 e. The van der Waals surface area contributed by atoms with E-state index in [9.17, 15) is 13.2 Å². The number of carbonyl (C=O) groups is 1. The Morgan fingerprint density at radius 3 is 2.87 bits per heavy atom. The number of sulfonamides is 1. The average Bonchev–Trinajstić information content (AvgIpc) is 3.13. The minimum absolute atomic E-state index is 0.00464. The first-order valence-corrected chi connectivity index (χ1v) is 12.4. The first-order valence-electron chi connectivity index (χ1n) is 9.97. The third-order valence-electron chi connectivity index (χ3n) is 5.35. The van der Waals surface area contributed by atoms with E-state index in [0.717, 1.165) is 35.1 Å². The molecule has 0 atom stereocenters. The van der Waals surface area contributed by atoms with Gasteiger partial charge in [0.25, 0.3) is 15.9 Å². The van der Waals surface area contributed by atoms with Crippen molar-refractivity contribution in [2.45, 2.75) is 11.4 Å². The summed E-state index contributed by atoms with van der Waals surface area (Å²) in [6.07, 6.45) is 1.76. The standard InChI is InChI=1S/C20H21N5O4S2/c26-19(22-13-15-2-1-5-21-18(15)24-6-9-29-10-7-24)14-3-4-16-17(12-14)30-20-23-31(27,28)11-8-25(16)20/h1-5,12H,6-11,13H2,(H,22,26). The number of benzene rings is 1. The highest BCUT2D eigenvalue weighted by molar-refractivity contribution is 8.15. The van der Waals surface area contributed by atoms with Crippen molar-refractivity contribution in [3.63, 3.8) is 0 Å². The van der Waals surface area contributed by atoms with Gasteiger partial charge in [0.05, 0.1) is 24.7 Å². The molecule has 4 heterocycles. The highest BCUT2D eigenvalue weighted by Gasteiger charge is 2.33. The van der Waals surface area contributed by atoms with Gasteiger partial charge in [-0.05, 0) is 36.0 Å². The van der Waals surface area contributed by atoms with E-state index < -0.39 is 10.0 Å². The quantitative estimate of drug-likeness (QED) is 0.733. The normalized spacial score (nSPS) is 19.4. The molecule has 0 bridgehead atoms. The van der Waals surface area contributed by atoms with Gasteiger partial charge in [-0.3, -0.25) is 4.79 Å². The summed E-state index contributed by atoms with van der Waals surface area (Å²) in [6, 6.07) is 9.22. The molecule has 1 fully saturated rings. The van der Waals surface area contributed by atoms with Crippen molar-refractivity contribution in [3.8, 4) is 0 Å². The summed E-state index contributed by atoms with van der Waals surface area (Å²) in [7, 11) is -3.41. The number of aromatic nitrogens is 1. The van der Waals surface area contributed by atoms with Gasteiger partial charge in [0.15, 0.2) is 5.17 Å². The van der Waals surface area contributed by atoms with Crippen LogP contribution < -0.4 is 15.1 Å². The predicted octanol–water partition coefficient (Wildman–Crippen LogP) is 1.46. The molecule has 2 aromatic rings. The maximum atomic E-state index is 12.8. The average molecular weight is 460 g/mol. The second kappa shape index (κ2) is 8.13. The number of carbonyl (C=O) groups excluding carboxylic acids is 1. The van der Waals surface area contributed by atoms with Crippen molar-refractivity contribution in [1.29, 1.82) is 0 Å². The van der Waals surface area contributed by atoms with Gasteiger partial charge in [-0.1, -0.05) is 6.07 Å². The molecule has 0 aliphatic carbocycles. The minimum atomic E-state index is -3.41. The number of fused-ring (bicyclic) bond motifs is 3. The summed E-state index contributed by atoms with van der Waals surface area (Å²) in [5.74, 6) is 0.668. The van der Waals surface area contributed by atoms with Crippen molar-refractivity contribution in [2.24, 2.45) is 4.40 Å². The Morgan fingerprint density at radius 1 is 1.19 bits per heavy atom. The van der Waals surface area contributed by atoms with Crippen LogP contribution in [0.2, 0.25) is 0 Å². The van der Waals surface area contributed by atoms with Gasteiger partial charge in [0.2, 0.25) is 0 Å². The monoisotopic (exact) mass is 459 g/mol. The number of hydrogen-bond acceptors (Lipinski definition) is 8. The topological polar surface area (TPSA) is 104 Å². The van der Waals surface area contributed by atoms with Crippen LogP contribution in [0.15, 0.2) is 45.8 Å². The van der Waals surface area contributed by atoms with Crippen LogP contribution in [0.25, 0.3) is 0 Å². The van der Waals surface area contributed by atoms with Gasteiger partial charge < -0.3 is 19.9 Å². The lowest BCUT2D eigenvalue weighted by Gasteiger charge is -2.29. The van der Waals surface area contributed by atoms with Gasteiger partial charge in [0, 0.05) is 48.4 Å². The number of thioether (sulfide) groups is 1. The van der Waals surface area contributed by atoms with Crippen LogP contribution in [-0.4, -0.2) is 63.1 Å². The summed E-state index contributed by atoms with van der Waals surface area (Å²) in [6.45, 7) is 3.61. The molecule has 11 heteroatoms. The SMILES string of the molecule is O=C(NCc1cccnc1N1CCOCC1)c1ccc2c(c1)SC1=NS(=O)(=O)CCN12. The second-order valence-corrected chi connectivity index (χ2v) is 10.1. The van der Waals surface area contributed by atoms with Crippen molar-refractivity contribution >= 4 is 44.4 Å². The van der Waals surface area contributed by atoms with E-state index in [1.165, 1.54) is 11.8 Å². The van der Waals surface area contributed by atoms with Gasteiger partial charge in [-0.25, -0.2) is 13.4 Å². The zero-order chi connectivity index (χ0) is 21.4. The molecule has 162 valence electrons. The smallest absolute Gasteiger partial charge is 0.257 e. The molecule has 1 amide bonds. The number of hydrogen-bond donors (Lipinski definition) is 1. The third-order valence-corrected chi connectivity index (χ3v) is 7.66. The Morgan fingerprint density at radius 2 is 2.03 bits per heavy atom. The molecule has 0 unspecified atom stereocenters. The molecule has 1 N–H and O–H groups in total. The number of nitrogens with one attached hydrogen (secondary N) is 1. The lowest BCUT2D eigenvalue weighted by molar-refractivity contribution is 0.0950. The minimum Gasteiger partial charge on any atom is -0.378 e. The lowest BCUT2D eigenvalue weighted by atomic mass is 10.1. The first-order chi connectivity index (χ1) is 15.0. The molecule has 5 rings (SSSR count). The summed E-state index contributed by atoms with van der Waals surface area (Å²) in [5, 5.41) is 3.42. The number of amidine groups is 1. The Balaban J connectivity index is 1.30. The molecule has 1 aromatic heterocycles. The van der Waals surface area contributed by atoms with E-state index in [-0.39, 0.29) is 11.7 Å². The molecule has 9 nitrogen and oxygen atoms in total. The second-order valence-electron chi connectivity index (χ2n) is 7.36. The van der Waals surface area contributed by atoms with Gasteiger partial charge in [0.1, 0.15) is 5.82 Å². The van der Waals surface area contributed by atoms with Gasteiger partial charge >= 0.3 is 0 Å². The van der Waals surface area contributed by atoms with Crippen molar-refractivity contribution < 1.29 is 17.9 Å². The summed E-state index contributed by atoms with van der Waals surface area (Å²) in [4.78, 5) is 22.2. The fraction of sp³-hybridized carbons (Fsp3) is 0.350. The van der Waals surface area contributed by atoms with E-state index >= 15 is 0 Å². The molecule has 1 aromatic carbocycles. The maximum Gasteiger partial charge on any atom is 0.257 e. The van der Waals surface area contributed by atoms with Gasteiger partial charge in [-0.2, -0.15) is 0 Å². The molecule has 3 aliphatic heterocycles. The van der Waals surface area contributed by atoms with E-state index in [1.54, 1.807) is 18.3 Å². The zero-order valence-corrected chi connectivity index (χ0v) is 18.3. The van der Waals surface area contributed by atoms with Crippen LogP contribution >= 0.6 is 11.8 Å². The van der Waals surface area contributed by atoms with E-state index in [2.05, 4.69) is 19.6 Å². The Bertz CT molecular complexity index is 1160. The number of anilines is 2. The lowest BCUT2D eigenvalue weighted by Crippen LogP contribution is -2.37. The van der Waals surface area contributed by atoms with E-state index in [4.69, 9.17) is 4.74 Å². The summed E-state index contributed by atoms with van der Waals surface area (Å²) >= 11 is 1.28. The molecule has 3 aliphatic rings. The molecule has 1 saturated heterocycles. The Labute approximate surface area is 184 Å². The predicted molar refractivity (Wildman–Crippen MR) is 119 cm³/mol. The molecule has 0 saturated carbocycles. The van der Waals surface area contributed by atoms with E-state index in [0.29, 0.717) is 37.0 Å². The highest BCUT2D eigenvalue weighted by atomic mass is 32.2. The van der Waals surface area contributed by atoms with Gasteiger partial charge in [-0.15, -0.1) is 4.40 Å². The number of morpholine rings is 1. The van der Waals surface area contributed by atoms with Crippen LogP contribution in [0.5, 0.6) is 0 Å². The number of pyridine rings is 1. The molecular weight excluding hydrogens is 438 g/mol. The van der Waals surface area contributed by atoms with Crippen molar-refractivity contribution in [1.82, 2.24) is 10.3 Å².